The van der Waals surface area contributed by atoms with Crippen molar-refractivity contribution in [3.63, 3.8) is 0 Å². The van der Waals surface area contributed by atoms with Crippen LogP contribution in [0.15, 0.2) is 42.0 Å². The van der Waals surface area contributed by atoms with Crippen LogP contribution in [0.1, 0.15) is 37.7 Å². The summed E-state index contributed by atoms with van der Waals surface area (Å²) in [5.41, 5.74) is 3.10. The highest BCUT2D eigenvalue weighted by Gasteiger charge is 2.02. The van der Waals surface area contributed by atoms with E-state index in [-0.39, 0.29) is 0 Å². The second-order valence-corrected chi connectivity index (χ2v) is 4.84. The van der Waals surface area contributed by atoms with E-state index in [1.54, 1.807) is 5.57 Å². The Bertz CT molecular complexity index is 340. The van der Waals surface area contributed by atoms with Crippen molar-refractivity contribution in [1.29, 1.82) is 0 Å². The van der Waals surface area contributed by atoms with E-state index in [1.165, 1.54) is 37.7 Å². The molecule has 1 aromatic carbocycles. The SMILES string of the molecule is C1=C(CCNCCc2ccccc2)CCCC1. The Morgan fingerprint density at radius 1 is 0.941 bits per heavy atom. The summed E-state index contributed by atoms with van der Waals surface area (Å²) in [6.07, 6.45) is 10.3. The minimum absolute atomic E-state index is 1.09. The zero-order valence-corrected chi connectivity index (χ0v) is 10.6. The summed E-state index contributed by atoms with van der Waals surface area (Å²) >= 11 is 0. The third-order valence-electron chi connectivity index (χ3n) is 3.44. The smallest absolute Gasteiger partial charge is 0.000822 e. The fourth-order valence-electron chi connectivity index (χ4n) is 2.38. The molecule has 0 spiro atoms. The molecule has 17 heavy (non-hydrogen) atoms. The number of rotatable bonds is 6. The van der Waals surface area contributed by atoms with Gasteiger partial charge in [-0.05, 0) is 57.2 Å². The molecule has 0 saturated heterocycles. The summed E-state index contributed by atoms with van der Waals surface area (Å²) in [7, 11) is 0. The Hall–Kier alpha value is -1.08. The Kier molecular flexibility index (Phi) is 5.31. The van der Waals surface area contributed by atoms with E-state index in [9.17, 15) is 0 Å². The molecule has 0 unspecified atom stereocenters. The lowest BCUT2D eigenvalue weighted by Gasteiger charge is -2.12. The quantitative estimate of drug-likeness (QED) is 0.579. The molecular formula is C16H23N. The van der Waals surface area contributed by atoms with Gasteiger partial charge in [-0.1, -0.05) is 42.0 Å². The van der Waals surface area contributed by atoms with Gasteiger partial charge in [0.15, 0.2) is 0 Å². The molecular weight excluding hydrogens is 206 g/mol. The Labute approximate surface area is 105 Å². The first kappa shape index (κ1) is 12.4. The number of benzene rings is 1. The Balaban J connectivity index is 1.56. The van der Waals surface area contributed by atoms with Crippen molar-refractivity contribution >= 4 is 0 Å². The van der Waals surface area contributed by atoms with Gasteiger partial charge in [0.2, 0.25) is 0 Å². The minimum atomic E-state index is 1.09. The van der Waals surface area contributed by atoms with Crippen LogP contribution in [0.25, 0.3) is 0 Å². The van der Waals surface area contributed by atoms with Crippen LogP contribution in [0.3, 0.4) is 0 Å². The van der Waals surface area contributed by atoms with Crippen LogP contribution in [0.5, 0.6) is 0 Å². The van der Waals surface area contributed by atoms with E-state index in [0.29, 0.717) is 0 Å². The molecule has 1 heteroatoms. The summed E-state index contributed by atoms with van der Waals surface area (Å²) in [6.45, 7) is 2.23. The molecule has 0 fully saturated rings. The van der Waals surface area contributed by atoms with Gasteiger partial charge in [-0.2, -0.15) is 0 Å². The van der Waals surface area contributed by atoms with E-state index in [4.69, 9.17) is 0 Å². The molecule has 0 saturated carbocycles. The van der Waals surface area contributed by atoms with Crippen molar-refractivity contribution < 1.29 is 0 Å². The zero-order chi connectivity index (χ0) is 11.8. The summed E-state index contributed by atoms with van der Waals surface area (Å²) in [6, 6.07) is 10.7. The van der Waals surface area contributed by atoms with E-state index < -0.39 is 0 Å². The molecule has 92 valence electrons. The summed E-state index contributed by atoms with van der Waals surface area (Å²) in [5.74, 6) is 0. The van der Waals surface area contributed by atoms with Gasteiger partial charge in [0, 0.05) is 0 Å². The number of hydrogen-bond acceptors (Lipinski definition) is 1. The first-order valence-corrected chi connectivity index (χ1v) is 6.88. The van der Waals surface area contributed by atoms with Gasteiger partial charge in [0.1, 0.15) is 0 Å². The average Bonchev–Trinajstić information content (AvgIpc) is 2.41. The maximum absolute atomic E-state index is 3.54. The molecule has 0 aromatic heterocycles. The maximum Gasteiger partial charge on any atom is -0.000822 e. The zero-order valence-electron chi connectivity index (χ0n) is 10.6. The topological polar surface area (TPSA) is 12.0 Å². The van der Waals surface area contributed by atoms with Crippen molar-refractivity contribution in [2.24, 2.45) is 0 Å². The normalized spacial score (nSPS) is 15.6. The van der Waals surface area contributed by atoms with E-state index in [1.807, 2.05) is 0 Å². The maximum atomic E-state index is 3.54. The van der Waals surface area contributed by atoms with E-state index >= 15 is 0 Å². The molecule has 0 amide bonds. The van der Waals surface area contributed by atoms with Crippen molar-refractivity contribution in [1.82, 2.24) is 5.32 Å². The first-order chi connectivity index (χ1) is 8.45. The third-order valence-corrected chi connectivity index (χ3v) is 3.44. The Morgan fingerprint density at radius 2 is 1.76 bits per heavy atom. The predicted octanol–water partition coefficient (Wildman–Crippen LogP) is 3.71. The molecule has 1 N–H and O–H groups in total. The lowest BCUT2D eigenvalue weighted by molar-refractivity contribution is 0.632. The summed E-state index contributed by atoms with van der Waals surface area (Å²) in [5, 5.41) is 3.54. The van der Waals surface area contributed by atoms with Crippen LogP contribution < -0.4 is 5.32 Å². The van der Waals surface area contributed by atoms with Crippen LogP contribution >= 0.6 is 0 Å². The second-order valence-electron chi connectivity index (χ2n) is 4.84. The van der Waals surface area contributed by atoms with Gasteiger partial charge in [-0.3, -0.25) is 0 Å². The van der Waals surface area contributed by atoms with Crippen molar-refractivity contribution in [3.8, 4) is 0 Å². The van der Waals surface area contributed by atoms with Crippen LogP contribution in [0.2, 0.25) is 0 Å². The highest BCUT2D eigenvalue weighted by Crippen LogP contribution is 2.19. The van der Waals surface area contributed by atoms with E-state index in [2.05, 4.69) is 41.7 Å². The second kappa shape index (κ2) is 7.29. The fraction of sp³-hybridized carbons (Fsp3) is 0.500. The van der Waals surface area contributed by atoms with Gasteiger partial charge in [-0.15, -0.1) is 0 Å². The Morgan fingerprint density at radius 3 is 2.53 bits per heavy atom. The average molecular weight is 229 g/mol. The molecule has 0 heterocycles. The molecule has 0 bridgehead atoms. The largest absolute Gasteiger partial charge is 0.316 e. The van der Waals surface area contributed by atoms with Crippen LogP contribution in [-0.4, -0.2) is 13.1 Å². The third kappa shape index (κ3) is 4.74. The fourth-order valence-corrected chi connectivity index (χ4v) is 2.38. The van der Waals surface area contributed by atoms with Crippen molar-refractivity contribution in [2.45, 2.75) is 38.5 Å². The lowest BCUT2D eigenvalue weighted by atomic mass is 9.97. The van der Waals surface area contributed by atoms with Gasteiger partial charge in [0.05, 0.1) is 0 Å². The van der Waals surface area contributed by atoms with Gasteiger partial charge < -0.3 is 5.32 Å². The summed E-state index contributed by atoms with van der Waals surface area (Å²) in [4.78, 5) is 0. The van der Waals surface area contributed by atoms with Crippen LogP contribution in [-0.2, 0) is 6.42 Å². The molecule has 1 aliphatic carbocycles. The predicted molar refractivity (Wildman–Crippen MR) is 74.2 cm³/mol. The molecule has 1 nitrogen and oxygen atoms in total. The minimum Gasteiger partial charge on any atom is -0.316 e. The molecule has 2 rings (SSSR count). The lowest BCUT2D eigenvalue weighted by Crippen LogP contribution is -2.19. The van der Waals surface area contributed by atoms with E-state index in [0.717, 1.165) is 19.5 Å². The number of hydrogen-bond donors (Lipinski definition) is 1. The van der Waals surface area contributed by atoms with Crippen molar-refractivity contribution in [3.05, 3.63) is 47.5 Å². The highest BCUT2D eigenvalue weighted by molar-refractivity contribution is 5.14. The monoisotopic (exact) mass is 229 g/mol. The molecule has 1 aromatic rings. The number of allylic oxidation sites excluding steroid dienone is 1. The summed E-state index contributed by atoms with van der Waals surface area (Å²) < 4.78 is 0. The van der Waals surface area contributed by atoms with Crippen LogP contribution in [0.4, 0.5) is 0 Å². The first-order valence-electron chi connectivity index (χ1n) is 6.88. The highest BCUT2D eigenvalue weighted by atomic mass is 14.8. The van der Waals surface area contributed by atoms with Gasteiger partial charge in [0.25, 0.3) is 0 Å². The molecule has 0 atom stereocenters. The molecule has 0 aliphatic heterocycles. The van der Waals surface area contributed by atoms with Gasteiger partial charge >= 0.3 is 0 Å². The molecule has 0 radical (unpaired) electrons. The number of nitrogens with one attached hydrogen (secondary N) is 1. The standard InChI is InChI=1S/C16H23N/c1-3-7-15(8-4-1)11-13-17-14-12-16-9-5-2-6-10-16/h1,3-4,7-9,17H,2,5-6,10-14H2. The van der Waals surface area contributed by atoms with Gasteiger partial charge in [-0.25, -0.2) is 0 Å². The van der Waals surface area contributed by atoms with Crippen LogP contribution in [0, 0.1) is 0 Å². The van der Waals surface area contributed by atoms with Crippen molar-refractivity contribution in [2.75, 3.05) is 13.1 Å². The molecule has 1 aliphatic rings.